The van der Waals surface area contributed by atoms with E-state index in [1.54, 1.807) is 25.1 Å². The first-order valence-electron chi connectivity index (χ1n) is 6.77. The number of nitrogens with zero attached hydrogens (tertiary/aromatic N) is 2. The minimum Gasteiger partial charge on any atom is -0.338 e. The molecule has 5 nitrogen and oxygen atoms in total. The number of sulfone groups is 1. The van der Waals surface area contributed by atoms with Crippen molar-refractivity contribution < 1.29 is 12.9 Å². The van der Waals surface area contributed by atoms with Gasteiger partial charge in [-0.05, 0) is 31.5 Å². The van der Waals surface area contributed by atoms with E-state index in [4.69, 9.17) is 4.52 Å². The predicted molar refractivity (Wildman–Crippen MR) is 79.8 cm³/mol. The average molecular weight is 308 g/mol. The molecule has 0 aliphatic heterocycles. The highest BCUT2D eigenvalue weighted by molar-refractivity contribution is 7.91. The highest BCUT2D eigenvalue weighted by Crippen LogP contribution is 2.29. The van der Waals surface area contributed by atoms with Gasteiger partial charge in [-0.15, -0.1) is 0 Å². The number of aromatic nitrogens is 2. The Balaban J connectivity index is 2.39. The van der Waals surface area contributed by atoms with Gasteiger partial charge in [0.05, 0.1) is 4.90 Å². The molecule has 1 aromatic heterocycles. The lowest BCUT2D eigenvalue weighted by molar-refractivity contribution is 0.361. The Morgan fingerprint density at radius 1 is 1.24 bits per heavy atom. The molecule has 1 aromatic carbocycles. The summed E-state index contributed by atoms with van der Waals surface area (Å²) in [6.07, 6.45) is 0. The molecular weight excluding hydrogens is 288 g/mol. The standard InChI is InChI=1S/C15H20N2O3S/c1-10-7-6-8-12(9-10)21(18,19)11(2)13-16-14(17-20-13)15(3,4)5/h6-9,11H,1-5H3. The molecule has 0 aliphatic rings. The largest absolute Gasteiger partial charge is 0.338 e. The third-order valence-corrected chi connectivity index (χ3v) is 5.29. The zero-order chi connectivity index (χ0) is 15.8. The quantitative estimate of drug-likeness (QED) is 0.870. The summed E-state index contributed by atoms with van der Waals surface area (Å²) in [5.74, 6) is 0.630. The molecule has 0 N–H and O–H groups in total. The van der Waals surface area contributed by atoms with Gasteiger partial charge in [-0.1, -0.05) is 38.1 Å². The number of rotatable bonds is 3. The molecule has 114 valence electrons. The monoisotopic (exact) mass is 308 g/mol. The highest BCUT2D eigenvalue weighted by Gasteiger charge is 2.31. The van der Waals surface area contributed by atoms with Gasteiger partial charge in [0, 0.05) is 5.41 Å². The lowest BCUT2D eigenvalue weighted by atomic mass is 9.96. The summed E-state index contributed by atoms with van der Waals surface area (Å²) in [7, 11) is -3.54. The van der Waals surface area contributed by atoms with Crippen LogP contribution in [0, 0.1) is 6.92 Å². The van der Waals surface area contributed by atoms with Crippen LogP contribution < -0.4 is 0 Å². The fraction of sp³-hybridized carbons (Fsp3) is 0.467. The molecule has 6 heteroatoms. The molecule has 1 heterocycles. The number of hydrogen-bond acceptors (Lipinski definition) is 5. The summed E-state index contributed by atoms with van der Waals surface area (Å²) in [4.78, 5) is 4.51. The maximum atomic E-state index is 12.6. The van der Waals surface area contributed by atoms with Gasteiger partial charge >= 0.3 is 0 Å². The van der Waals surface area contributed by atoms with E-state index >= 15 is 0 Å². The van der Waals surface area contributed by atoms with Crippen LogP contribution in [0.15, 0.2) is 33.7 Å². The lowest BCUT2D eigenvalue weighted by Crippen LogP contribution is -2.15. The summed E-state index contributed by atoms with van der Waals surface area (Å²) in [5.41, 5.74) is 0.610. The van der Waals surface area contributed by atoms with Crippen LogP contribution in [0.4, 0.5) is 0 Å². The fourth-order valence-electron chi connectivity index (χ4n) is 1.83. The van der Waals surface area contributed by atoms with Gasteiger partial charge in [-0.3, -0.25) is 0 Å². The van der Waals surface area contributed by atoms with Crippen LogP contribution in [-0.2, 0) is 15.3 Å². The average Bonchev–Trinajstić information content (AvgIpc) is 2.87. The molecule has 0 amide bonds. The van der Waals surface area contributed by atoms with Crippen molar-refractivity contribution in [2.75, 3.05) is 0 Å². The van der Waals surface area contributed by atoms with Gasteiger partial charge in [-0.25, -0.2) is 8.42 Å². The van der Waals surface area contributed by atoms with Crippen LogP contribution in [-0.4, -0.2) is 18.6 Å². The predicted octanol–water partition coefficient (Wildman–Crippen LogP) is 3.21. The van der Waals surface area contributed by atoms with Crippen molar-refractivity contribution in [2.24, 2.45) is 0 Å². The van der Waals surface area contributed by atoms with Crippen LogP contribution in [0.1, 0.15) is 50.2 Å². The van der Waals surface area contributed by atoms with Crippen molar-refractivity contribution in [3.8, 4) is 0 Å². The van der Waals surface area contributed by atoms with E-state index in [0.717, 1.165) is 5.56 Å². The van der Waals surface area contributed by atoms with Crippen molar-refractivity contribution in [1.82, 2.24) is 10.1 Å². The first-order chi connectivity index (χ1) is 9.62. The van der Waals surface area contributed by atoms with Gasteiger partial charge in [0.1, 0.15) is 5.25 Å². The van der Waals surface area contributed by atoms with Crippen LogP contribution in [0.2, 0.25) is 0 Å². The van der Waals surface area contributed by atoms with E-state index in [-0.39, 0.29) is 16.2 Å². The fourth-order valence-corrected chi connectivity index (χ4v) is 3.22. The molecule has 0 aliphatic carbocycles. The van der Waals surface area contributed by atoms with Crippen LogP contribution in [0.25, 0.3) is 0 Å². The van der Waals surface area contributed by atoms with E-state index in [2.05, 4.69) is 10.1 Å². The van der Waals surface area contributed by atoms with Gasteiger partial charge in [0.15, 0.2) is 15.7 Å². The Morgan fingerprint density at radius 3 is 2.43 bits per heavy atom. The Morgan fingerprint density at radius 2 is 1.90 bits per heavy atom. The molecule has 2 rings (SSSR count). The summed E-state index contributed by atoms with van der Waals surface area (Å²) < 4.78 is 30.4. The third-order valence-electron chi connectivity index (χ3n) is 3.24. The van der Waals surface area contributed by atoms with Crippen molar-refractivity contribution in [1.29, 1.82) is 0 Å². The second kappa shape index (κ2) is 5.26. The minimum absolute atomic E-state index is 0.126. The van der Waals surface area contributed by atoms with Gasteiger partial charge in [-0.2, -0.15) is 4.98 Å². The molecule has 1 atom stereocenters. The normalized spacial score (nSPS) is 14.1. The van der Waals surface area contributed by atoms with E-state index < -0.39 is 15.1 Å². The van der Waals surface area contributed by atoms with Crippen LogP contribution in [0.3, 0.4) is 0 Å². The second-order valence-electron chi connectivity index (χ2n) is 6.21. The Labute approximate surface area is 125 Å². The molecule has 0 saturated carbocycles. The first-order valence-corrected chi connectivity index (χ1v) is 8.31. The van der Waals surface area contributed by atoms with Gasteiger partial charge in [0.2, 0.25) is 5.89 Å². The number of hydrogen-bond donors (Lipinski definition) is 0. The van der Waals surface area contributed by atoms with Gasteiger partial charge < -0.3 is 4.52 Å². The molecule has 0 fully saturated rings. The second-order valence-corrected chi connectivity index (χ2v) is 8.48. The molecule has 21 heavy (non-hydrogen) atoms. The van der Waals surface area contributed by atoms with E-state index in [1.165, 1.54) is 0 Å². The summed E-state index contributed by atoms with van der Waals surface area (Å²) in [6.45, 7) is 9.26. The Kier molecular flexibility index (Phi) is 3.93. The molecular formula is C15H20N2O3S. The van der Waals surface area contributed by atoms with E-state index in [1.807, 2.05) is 33.8 Å². The zero-order valence-electron chi connectivity index (χ0n) is 12.9. The summed E-state index contributed by atoms with van der Waals surface area (Å²) >= 11 is 0. The molecule has 2 aromatic rings. The molecule has 0 radical (unpaired) electrons. The lowest BCUT2D eigenvalue weighted by Gasteiger charge is -2.12. The molecule has 0 spiro atoms. The Hall–Kier alpha value is -1.69. The summed E-state index contributed by atoms with van der Waals surface area (Å²) in [6, 6.07) is 6.81. The maximum Gasteiger partial charge on any atom is 0.245 e. The Bertz CT molecular complexity index is 742. The SMILES string of the molecule is Cc1cccc(S(=O)(=O)C(C)c2nc(C(C)(C)C)no2)c1. The minimum atomic E-state index is -3.54. The van der Waals surface area contributed by atoms with Crippen molar-refractivity contribution in [3.05, 3.63) is 41.5 Å². The molecule has 1 unspecified atom stereocenters. The smallest absolute Gasteiger partial charge is 0.245 e. The highest BCUT2D eigenvalue weighted by atomic mass is 32.2. The first kappa shape index (κ1) is 15.7. The number of benzene rings is 1. The van der Waals surface area contributed by atoms with Crippen LogP contribution in [0.5, 0.6) is 0 Å². The molecule has 0 saturated heterocycles. The van der Waals surface area contributed by atoms with Crippen molar-refractivity contribution in [3.63, 3.8) is 0 Å². The maximum absolute atomic E-state index is 12.6. The van der Waals surface area contributed by atoms with Crippen molar-refractivity contribution in [2.45, 2.75) is 50.2 Å². The van der Waals surface area contributed by atoms with Crippen LogP contribution >= 0.6 is 0 Å². The van der Waals surface area contributed by atoms with Crippen molar-refractivity contribution >= 4 is 9.84 Å². The topological polar surface area (TPSA) is 73.1 Å². The third kappa shape index (κ3) is 3.15. The summed E-state index contributed by atoms with van der Waals surface area (Å²) in [5, 5.41) is 3.01. The number of aryl methyl sites for hydroxylation is 1. The van der Waals surface area contributed by atoms with E-state index in [9.17, 15) is 8.42 Å². The molecule has 0 bridgehead atoms. The zero-order valence-corrected chi connectivity index (χ0v) is 13.7. The van der Waals surface area contributed by atoms with E-state index in [0.29, 0.717) is 5.82 Å². The van der Waals surface area contributed by atoms with Gasteiger partial charge in [0.25, 0.3) is 0 Å².